The monoisotopic (exact) mass is 677 g/mol. The minimum absolute atomic E-state index is 0.194. The zero-order valence-electron chi connectivity index (χ0n) is 27.2. The zero-order chi connectivity index (χ0) is 32.9. The number of benzene rings is 2. The lowest BCUT2D eigenvalue weighted by Gasteiger charge is -2.19. The van der Waals surface area contributed by atoms with Crippen molar-refractivity contribution in [3.63, 3.8) is 0 Å². The van der Waals surface area contributed by atoms with Crippen LogP contribution in [0.4, 0.5) is 0 Å². The quantitative estimate of drug-likeness (QED) is 0.189. The molecule has 49 heavy (non-hydrogen) atoms. The topological polar surface area (TPSA) is 56.9 Å². The van der Waals surface area contributed by atoms with Gasteiger partial charge < -0.3 is 9.13 Å². The summed E-state index contributed by atoms with van der Waals surface area (Å²) in [5.41, 5.74) is 6.88. The van der Waals surface area contributed by atoms with E-state index in [9.17, 15) is 8.42 Å². The maximum absolute atomic E-state index is 14.5. The summed E-state index contributed by atoms with van der Waals surface area (Å²) in [5.74, 6) is 0.543. The third-order valence-electron chi connectivity index (χ3n) is 10.8. The Kier molecular flexibility index (Phi) is 6.49. The van der Waals surface area contributed by atoms with Gasteiger partial charge in [0.25, 0.3) is 0 Å². The summed E-state index contributed by atoms with van der Waals surface area (Å²) >= 11 is 1.80. The average molecular weight is 678 g/mol. The number of nitrogens with zero attached hydrogens (tertiary/aromatic N) is 3. The first-order valence-electron chi connectivity index (χ1n) is 17.3. The van der Waals surface area contributed by atoms with E-state index in [0.717, 1.165) is 74.3 Å². The van der Waals surface area contributed by atoms with E-state index < -0.39 is 15.1 Å². The van der Waals surface area contributed by atoms with Crippen molar-refractivity contribution in [2.24, 2.45) is 5.92 Å². The molecule has 0 bridgehead atoms. The fourth-order valence-electron chi connectivity index (χ4n) is 8.47. The predicted octanol–water partition coefficient (Wildman–Crippen LogP) is 8.22. The second-order valence-electron chi connectivity index (χ2n) is 13.8. The molecule has 2 aromatic carbocycles. The predicted molar refractivity (Wildman–Crippen MR) is 203 cm³/mol. The summed E-state index contributed by atoms with van der Waals surface area (Å²) in [6.07, 6.45) is 28.0. The van der Waals surface area contributed by atoms with Crippen LogP contribution >= 0.6 is 11.3 Å². The molecule has 0 fully saturated rings. The van der Waals surface area contributed by atoms with Crippen LogP contribution in [0.5, 0.6) is 0 Å². The molecule has 3 unspecified atom stereocenters. The van der Waals surface area contributed by atoms with E-state index in [-0.39, 0.29) is 6.04 Å². The van der Waals surface area contributed by atoms with Gasteiger partial charge in [0.05, 0.1) is 28.1 Å². The van der Waals surface area contributed by atoms with Crippen molar-refractivity contribution in [1.29, 1.82) is 0 Å². The Hall–Kier alpha value is -4.72. The molecule has 0 radical (unpaired) electrons. The number of allylic oxidation sites excluding steroid dienone is 6. The minimum Gasteiger partial charge on any atom is -0.333 e. The van der Waals surface area contributed by atoms with Gasteiger partial charge in [-0.05, 0) is 85.6 Å². The molecule has 0 spiro atoms. The van der Waals surface area contributed by atoms with Crippen molar-refractivity contribution in [2.45, 2.75) is 55.2 Å². The van der Waals surface area contributed by atoms with E-state index in [1.807, 2.05) is 36.5 Å². The second kappa shape index (κ2) is 10.9. The first kappa shape index (κ1) is 29.2. The Labute approximate surface area is 289 Å². The maximum atomic E-state index is 14.5. The molecule has 0 saturated carbocycles. The molecule has 4 aliphatic carbocycles. The lowest BCUT2D eigenvalue weighted by Crippen LogP contribution is -2.37. The Balaban J connectivity index is 1.09. The van der Waals surface area contributed by atoms with Crippen molar-refractivity contribution in [3.8, 4) is 5.69 Å². The van der Waals surface area contributed by atoms with Crippen LogP contribution in [-0.2, 0) is 22.7 Å². The molecule has 0 amide bonds. The molecule has 3 atom stereocenters. The molecular formula is C42H35N3O2S2. The van der Waals surface area contributed by atoms with Crippen LogP contribution in [0.2, 0.25) is 0 Å². The van der Waals surface area contributed by atoms with Gasteiger partial charge in [-0.25, -0.2) is 13.4 Å². The molecule has 4 aliphatic rings. The summed E-state index contributed by atoms with van der Waals surface area (Å²) in [6.45, 7) is 2.26. The molecule has 7 heteroatoms. The fraction of sp³-hybridized carbons (Fsp3) is 0.214. The highest BCUT2D eigenvalue weighted by Crippen LogP contribution is 2.38. The largest absolute Gasteiger partial charge is 0.333 e. The average Bonchev–Trinajstić information content (AvgIpc) is 3.78. The first-order valence-corrected chi connectivity index (χ1v) is 19.6. The molecule has 10 rings (SSSR count). The molecule has 242 valence electrons. The lowest BCUT2D eigenvalue weighted by molar-refractivity contribution is 0.590. The molecular weight excluding hydrogens is 643 g/mol. The molecule has 4 heterocycles. The van der Waals surface area contributed by atoms with Gasteiger partial charge >= 0.3 is 0 Å². The van der Waals surface area contributed by atoms with E-state index in [2.05, 4.69) is 95.0 Å². The SMILES string of the molecule is CC1C=Cc2c(sc3ncc(-n4c5c(c6c4=CCC(S(=O)(=O)c4ccc7c(c4)c4ccccc4n7C4C=CC=CC4)C=6)CCC=C5)cc23)C1. The van der Waals surface area contributed by atoms with E-state index in [0.29, 0.717) is 17.2 Å². The summed E-state index contributed by atoms with van der Waals surface area (Å²) in [5, 5.41) is 4.75. The molecule has 0 N–H and O–H groups in total. The van der Waals surface area contributed by atoms with Crippen LogP contribution in [-0.4, -0.2) is 27.8 Å². The highest BCUT2D eigenvalue weighted by Gasteiger charge is 2.30. The Morgan fingerprint density at radius 1 is 0.918 bits per heavy atom. The number of para-hydroxylation sites is 1. The van der Waals surface area contributed by atoms with Gasteiger partial charge in [-0.1, -0.05) is 79.8 Å². The molecule has 5 nitrogen and oxygen atoms in total. The number of sulfone groups is 1. The third kappa shape index (κ3) is 4.41. The van der Waals surface area contributed by atoms with Crippen molar-refractivity contribution in [3.05, 3.63) is 123 Å². The Morgan fingerprint density at radius 3 is 2.71 bits per heavy atom. The van der Waals surface area contributed by atoms with Gasteiger partial charge in [-0.3, -0.25) is 0 Å². The van der Waals surface area contributed by atoms with Crippen LogP contribution in [0, 0.1) is 5.92 Å². The van der Waals surface area contributed by atoms with Gasteiger partial charge in [-0.2, -0.15) is 0 Å². The Bertz CT molecular complexity index is 2750. The van der Waals surface area contributed by atoms with Gasteiger partial charge in [0.2, 0.25) is 0 Å². The number of fused-ring (bicyclic) bond motifs is 9. The summed E-state index contributed by atoms with van der Waals surface area (Å²) < 4.78 is 33.6. The summed E-state index contributed by atoms with van der Waals surface area (Å²) in [6, 6.07) is 16.6. The van der Waals surface area contributed by atoms with E-state index >= 15 is 0 Å². The number of rotatable bonds is 4. The van der Waals surface area contributed by atoms with Gasteiger partial charge in [0, 0.05) is 48.3 Å². The van der Waals surface area contributed by atoms with E-state index in [1.165, 1.54) is 21.4 Å². The standard InChI is InChI=1S/C42H35N3O2S2/c1-26-15-18-33-36-22-28(25-43-42(36)48-41(33)21-26)45-38-14-8-6-12-32(38)35-24-30(17-20-40(35)45)49(46,47)29-16-19-39-34(23-29)31-11-5-7-13-37(31)44(39)27-9-3-2-4-10-27/h2-5,7-9,11,13-16,18-20,22-27,30H,6,10,12,17,21H2,1H3. The van der Waals surface area contributed by atoms with Crippen LogP contribution in [0.1, 0.15) is 53.9 Å². The van der Waals surface area contributed by atoms with Gasteiger partial charge in [-0.15, -0.1) is 11.3 Å². The number of hydrogen-bond acceptors (Lipinski definition) is 4. The number of pyridine rings is 1. The maximum Gasteiger partial charge on any atom is 0.185 e. The van der Waals surface area contributed by atoms with Gasteiger partial charge in [0.15, 0.2) is 9.84 Å². The number of hydrogen-bond donors (Lipinski definition) is 0. The van der Waals surface area contributed by atoms with Crippen LogP contribution < -0.4 is 10.6 Å². The number of aromatic nitrogens is 3. The van der Waals surface area contributed by atoms with Crippen LogP contribution in [0.25, 0.3) is 62.0 Å². The van der Waals surface area contributed by atoms with Crippen molar-refractivity contribution >= 4 is 77.5 Å². The molecule has 4 aromatic heterocycles. The van der Waals surface area contributed by atoms with Gasteiger partial charge in [0.1, 0.15) is 4.83 Å². The minimum atomic E-state index is -3.67. The van der Waals surface area contributed by atoms with Crippen molar-refractivity contribution < 1.29 is 8.42 Å². The fourth-order valence-corrected chi connectivity index (χ4v) is 11.3. The molecule has 0 aliphatic heterocycles. The smallest absolute Gasteiger partial charge is 0.185 e. The molecule has 0 saturated heterocycles. The van der Waals surface area contributed by atoms with E-state index in [1.54, 1.807) is 11.3 Å². The summed E-state index contributed by atoms with van der Waals surface area (Å²) in [4.78, 5) is 7.81. The van der Waals surface area contributed by atoms with E-state index in [4.69, 9.17) is 4.98 Å². The second-order valence-corrected chi connectivity index (χ2v) is 17.1. The number of thiophene rings is 1. The van der Waals surface area contributed by atoms with Crippen LogP contribution in [0.3, 0.4) is 0 Å². The first-order chi connectivity index (χ1) is 24.0. The highest BCUT2D eigenvalue weighted by molar-refractivity contribution is 7.92. The van der Waals surface area contributed by atoms with Crippen LogP contribution in [0.15, 0.2) is 96.1 Å². The third-order valence-corrected chi connectivity index (χ3v) is 14.0. The lowest BCUT2D eigenvalue weighted by atomic mass is 9.96. The Morgan fingerprint density at radius 2 is 1.82 bits per heavy atom. The zero-order valence-corrected chi connectivity index (χ0v) is 28.8. The highest BCUT2D eigenvalue weighted by atomic mass is 32.2. The normalized spacial score (nSPS) is 21.1. The molecule has 6 aromatic rings. The van der Waals surface area contributed by atoms with Crippen molar-refractivity contribution in [1.82, 2.24) is 14.1 Å². The van der Waals surface area contributed by atoms with Crippen molar-refractivity contribution in [2.75, 3.05) is 0 Å². The summed E-state index contributed by atoms with van der Waals surface area (Å²) in [7, 11) is -3.67.